The highest BCUT2D eigenvalue weighted by molar-refractivity contribution is 8.14. The molecule has 2 amide bonds. The van der Waals surface area contributed by atoms with Gasteiger partial charge in [0.05, 0.1) is 11.3 Å². The molecule has 1 aliphatic rings. The quantitative estimate of drug-likeness (QED) is 0.370. The first-order valence-electron chi connectivity index (χ1n) is 12.4. The number of rotatable bonds is 7. The van der Waals surface area contributed by atoms with Crippen molar-refractivity contribution < 1.29 is 9.59 Å². The number of hydrogen-bond donors (Lipinski definition) is 3. The second-order valence-corrected chi connectivity index (χ2v) is 10.4. The molecule has 7 nitrogen and oxygen atoms in total. The number of carbonyl (C=O) groups is 2. The zero-order valence-electron chi connectivity index (χ0n) is 22.3. The number of thioether (sulfide) groups is 1. The summed E-state index contributed by atoms with van der Waals surface area (Å²) in [5, 5.41) is 9.77. The fourth-order valence-corrected chi connectivity index (χ4v) is 4.83. The lowest BCUT2D eigenvalue weighted by atomic mass is 9.95. The van der Waals surface area contributed by atoms with E-state index in [4.69, 9.17) is 4.99 Å². The van der Waals surface area contributed by atoms with Gasteiger partial charge in [-0.15, -0.1) is 0 Å². The molecule has 3 aromatic rings. The van der Waals surface area contributed by atoms with Crippen LogP contribution >= 0.6 is 11.8 Å². The van der Waals surface area contributed by atoms with Gasteiger partial charge in [-0.1, -0.05) is 48.2 Å². The zero-order chi connectivity index (χ0) is 27.2. The minimum atomic E-state index is -0.513. The summed E-state index contributed by atoms with van der Waals surface area (Å²) in [6.45, 7) is 5.93. The van der Waals surface area contributed by atoms with Crippen LogP contribution in [0.4, 0.5) is 17.1 Å². The maximum absolute atomic E-state index is 13.4. The number of nitrogens with zero attached hydrogens (tertiary/aromatic N) is 2. The van der Waals surface area contributed by atoms with E-state index in [1.165, 1.54) is 17.3 Å². The minimum absolute atomic E-state index is 0.121. The van der Waals surface area contributed by atoms with Crippen molar-refractivity contribution in [1.29, 1.82) is 0 Å². The van der Waals surface area contributed by atoms with Crippen molar-refractivity contribution in [3.05, 3.63) is 101 Å². The van der Waals surface area contributed by atoms with Crippen LogP contribution in [0, 0.1) is 13.8 Å². The molecular weight excluding hydrogens is 494 g/mol. The van der Waals surface area contributed by atoms with Crippen LogP contribution in [0.2, 0.25) is 0 Å². The summed E-state index contributed by atoms with van der Waals surface area (Å²) in [6, 6.07) is 22.7. The van der Waals surface area contributed by atoms with Gasteiger partial charge in [-0.2, -0.15) is 0 Å². The highest BCUT2D eigenvalue weighted by atomic mass is 32.2. The maximum Gasteiger partial charge on any atom is 0.255 e. The summed E-state index contributed by atoms with van der Waals surface area (Å²) in [6.07, 6.45) is 0. The fourth-order valence-electron chi connectivity index (χ4n) is 4.08. The molecule has 0 spiro atoms. The van der Waals surface area contributed by atoms with Gasteiger partial charge in [0.1, 0.15) is 6.04 Å². The number of carbonyl (C=O) groups excluding carboxylic acids is 2. The van der Waals surface area contributed by atoms with Crippen LogP contribution < -0.4 is 20.9 Å². The summed E-state index contributed by atoms with van der Waals surface area (Å²) in [5.74, 6) is -0.156. The maximum atomic E-state index is 13.4. The lowest BCUT2D eigenvalue weighted by Crippen LogP contribution is -2.32. The Kier molecular flexibility index (Phi) is 8.53. The predicted octanol–water partition coefficient (Wildman–Crippen LogP) is 5.65. The SMILES string of the molecule is CC1=C(C(=O)Nc2ccccc2)[C@H](c2ccc(N(C)C)cc2)N=C(SCC(=O)Nc2ccc(C)c(C)c2)N1. The van der Waals surface area contributed by atoms with Crippen LogP contribution in [0.1, 0.15) is 29.7 Å². The highest BCUT2D eigenvalue weighted by Gasteiger charge is 2.30. The van der Waals surface area contributed by atoms with Crippen LogP contribution in [-0.2, 0) is 9.59 Å². The predicted molar refractivity (Wildman–Crippen MR) is 159 cm³/mol. The topological polar surface area (TPSA) is 85.8 Å². The molecular formula is C30H33N5O2S. The average Bonchev–Trinajstić information content (AvgIpc) is 2.90. The van der Waals surface area contributed by atoms with Crippen molar-refractivity contribution in [2.45, 2.75) is 26.8 Å². The van der Waals surface area contributed by atoms with Crippen LogP contribution in [0.25, 0.3) is 0 Å². The van der Waals surface area contributed by atoms with E-state index in [0.717, 1.165) is 22.5 Å². The van der Waals surface area contributed by atoms with Crippen LogP contribution in [0.5, 0.6) is 0 Å². The minimum Gasteiger partial charge on any atom is -0.378 e. The van der Waals surface area contributed by atoms with Gasteiger partial charge in [-0.3, -0.25) is 9.59 Å². The molecule has 0 aromatic heterocycles. The number of hydrogen-bond acceptors (Lipinski definition) is 6. The van der Waals surface area contributed by atoms with E-state index >= 15 is 0 Å². The zero-order valence-corrected chi connectivity index (χ0v) is 23.1. The number of amides is 2. The van der Waals surface area contributed by atoms with E-state index < -0.39 is 6.04 Å². The molecule has 38 heavy (non-hydrogen) atoms. The first-order valence-corrected chi connectivity index (χ1v) is 13.4. The normalized spacial score (nSPS) is 14.9. The van der Waals surface area contributed by atoms with Gasteiger partial charge in [0, 0.05) is 36.9 Å². The Morgan fingerprint density at radius 2 is 1.61 bits per heavy atom. The lowest BCUT2D eigenvalue weighted by Gasteiger charge is -2.26. The smallest absolute Gasteiger partial charge is 0.255 e. The Morgan fingerprint density at radius 3 is 2.26 bits per heavy atom. The molecule has 1 aliphatic heterocycles. The van der Waals surface area contributed by atoms with Crippen molar-refractivity contribution in [1.82, 2.24) is 5.32 Å². The molecule has 1 heterocycles. The third-order valence-electron chi connectivity index (χ3n) is 6.35. The summed E-state index contributed by atoms with van der Waals surface area (Å²) < 4.78 is 0. The number of nitrogens with one attached hydrogen (secondary N) is 3. The van der Waals surface area contributed by atoms with Gasteiger partial charge in [-0.25, -0.2) is 4.99 Å². The van der Waals surface area contributed by atoms with E-state index in [1.807, 2.05) is 113 Å². The Hall–Kier alpha value is -4.04. The summed E-state index contributed by atoms with van der Waals surface area (Å²) in [7, 11) is 3.97. The molecule has 3 N–H and O–H groups in total. The molecule has 0 saturated heterocycles. The fraction of sp³-hybridized carbons (Fsp3) is 0.233. The summed E-state index contributed by atoms with van der Waals surface area (Å²) >= 11 is 1.31. The van der Waals surface area contributed by atoms with E-state index in [1.54, 1.807) is 0 Å². The third-order valence-corrected chi connectivity index (χ3v) is 7.24. The van der Waals surface area contributed by atoms with Crippen molar-refractivity contribution >= 4 is 45.8 Å². The highest BCUT2D eigenvalue weighted by Crippen LogP contribution is 2.34. The van der Waals surface area contributed by atoms with Crippen molar-refractivity contribution in [3.8, 4) is 0 Å². The second-order valence-electron chi connectivity index (χ2n) is 9.44. The Bertz CT molecular complexity index is 1380. The van der Waals surface area contributed by atoms with E-state index in [2.05, 4.69) is 16.0 Å². The summed E-state index contributed by atoms with van der Waals surface area (Å²) in [4.78, 5) is 33.0. The van der Waals surface area contributed by atoms with E-state index in [0.29, 0.717) is 22.1 Å². The number of aryl methyl sites for hydroxylation is 2. The van der Waals surface area contributed by atoms with Crippen molar-refractivity contribution in [2.24, 2.45) is 4.99 Å². The Labute approximate surface area is 228 Å². The lowest BCUT2D eigenvalue weighted by molar-refractivity contribution is -0.114. The largest absolute Gasteiger partial charge is 0.378 e. The molecule has 0 bridgehead atoms. The van der Waals surface area contributed by atoms with Gasteiger partial charge in [0.15, 0.2) is 5.17 Å². The average molecular weight is 528 g/mol. The van der Waals surface area contributed by atoms with Gasteiger partial charge < -0.3 is 20.9 Å². The number of anilines is 3. The molecule has 0 radical (unpaired) electrons. The Morgan fingerprint density at radius 1 is 0.895 bits per heavy atom. The first-order chi connectivity index (χ1) is 18.2. The van der Waals surface area contributed by atoms with E-state index in [9.17, 15) is 9.59 Å². The number of para-hydroxylation sites is 1. The van der Waals surface area contributed by atoms with Crippen LogP contribution in [0.3, 0.4) is 0 Å². The molecule has 0 fully saturated rings. The van der Waals surface area contributed by atoms with Crippen LogP contribution in [0.15, 0.2) is 89.1 Å². The third kappa shape index (κ3) is 6.63. The second kappa shape index (κ2) is 12.0. The van der Waals surface area contributed by atoms with Gasteiger partial charge in [0.25, 0.3) is 5.91 Å². The van der Waals surface area contributed by atoms with Gasteiger partial charge >= 0.3 is 0 Å². The van der Waals surface area contributed by atoms with Crippen molar-refractivity contribution in [2.75, 3.05) is 35.4 Å². The standard InChI is InChI=1S/C30H33N5O2S/c1-19-11-14-24(17-20(19)2)32-26(36)18-38-30-31-21(3)27(29(37)33-23-9-7-6-8-10-23)28(34-30)22-12-15-25(16-13-22)35(4)5/h6-17,28H,18H2,1-5H3,(H,31,34)(H,32,36)(H,33,37)/t28-/m0/s1. The first kappa shape index (κ1) is 27.0. The van der Waals surface area contributed by atoms with Crippen molar-refractivity contribution in [3.63, 3.8) is 0 Å². The Balaban J connectivity index is 1.54. The molecule has 8 heteroatoms. The molecule has 4 rings (SSSR count). The molecule has 196 valence electrons. The van der Waals surface area contributed by atoms with Gasteiger partial charge in [-0.05, 0) is 73.9 Å². The molecule has 3 aromatic carbocycles. The molecule has 1 atom stereocenters. The molecule has 0 aliphatic carbocycles. The summed E-state index contributed by atoms with van der Waals surface area (Å²) in [5.41, 5.74) is 6.98. The number of aliphatic imine (C=N–C) groups is 1. The monoisotopic (exact) mass is 527 g/mol. The number of allylic oxidation sites excluding steroid dienone is 1. The van der Waals surface area contributed by atoms with Crippen LogP contribution in [-0.4, -0.2) is 36.8 Å². The molecule has 0 saturated carbocycles. The van der Waals surface area contributed by atoms with Gasteiger partial charge in [0.2, 0.25) is 5.91 Å². The van der Waals surface area contributed by atoms with E-state index in [-0.39, 0.29) is 17.6 Å². The number of benzene rings is 3. The molecule has 0 unspecified atom stereocenters. The number of amidine groups is 1.